The maximum absolute atomic E-state index is 12.1. The first-order valence-electron chi connectivity index (χ1n) is 5.46. The third-order valence-corrected chi connectivity index (χ3v) is 2.96. The molecular weight excluding hydrogens is 310 g/mol. The SMILES string of the molecule is COc1ccc(N)c(C(=O)Nc2ccc(Br)nc2)c1. The number of nitrogen functional groups attached to an aromatic ring is 1. The monoisotopic (exact) mass is 321 g/mol. The summed E-state index contributed by atoms with van der Waals surface area (Å²) in [4.78, 5) is 16.1. The van der Waals surface area contributed by atoms with Crippen LogP contribution in [-0.2, 0) is 0 Å². The molecule has 1 aromatic heterocycles. The molecule has 2 rings (SSSR count). The topological polar surface area (TPSA) is 77.2 Å². The molecule has 1 aromatic carbocycles. The first-order valence-corrected chi connectivity index (χ1v) is 6.26. The van der Waals surface area contributed by atoms with E-state index < -0.39 is 0 Å². The Morgan fingerprint density at radius 1 is 1.37 bits per heavy atom. The normalized spacial score (nSPS) is 10.0. The molecule has 19 heavy (non-hydrogen) atoms. The molecular formula is C13H12BrN3O2. The second-order valence-corrected chi connectivity index (χ2v) is 4.59. The third-order valence-electron chi connectivity index (χ3n) is 2.49. The van der Waals surface area contributed by atoms with Crippen molar-refractivity contribution in [1.29, 1.82) is 0 Å². The number of aromatic nitrogens is 1. The molecule has 2 aromatic rings. The quantitative estimate of drug-likeness (QED) is 0.673. The summed E-state index contributed by atoms with van der Waals surface area (Å²) in [6.45, 7) is 0. The molecule has 1 amide bonds. The Balaban J connectivity index is 2.22. The second-order valence-electron chi connectivity index (χ2n) is 3.78. The number of nitrogens with one attached hydrogen (secondary N) is 1. The Bertz CT molecular complexity index is 599. The molecule has 0 unspecified atom stereocenters. The number of ether oxygens (including phenoxy) is 1. The number of methoxy groups -OCH3 is 1. The molecule has 0 bridgehead atoms. The zero-order valence-electron chi connectivity index (χ0n) is 10.2. The Kier molecular flexibility index (Phi) is 4.01. The van der Waals surface area contributed by atoms with Crippen molar-refractivity contribution in [2.24, 2.45) is 0 Å². The van der Waals surface area contributed by atoms with Crippen LogP contribution in [0, 0.1) is 0 Å². The molecule has 0 aliphatic rings. The van der Waals surface area contributed by atoms with E-state index in [9.17, 15) is 4.79 Å². The Hall–Kier alpha value is -2.08. The van der Waals surface area contributed by atoms with Crippen LogP contribution in [0.5, 0.6) is 5.75 Å². The van der Waals surface area contributed by atoms with E-state index in [0.29, 0.717) is 27.3 Å². The molecule has 0 fully saturated rings. The lowest BCUT2D eigenvalue weighted by molar-refractivity contribution is 0.102. The number of benzene rings is 1. The highest BCUT2D eigenvalue weighted by Gasteiger charge is 2.11. The van der Waals surface area contributed by atoms with Gasteiger partial charge in [0.25, 0.3) is 5.91 Å². The van der Waals surface area contributed by atoms with Gasteiger partial charge in [-0.05, 0) is 46.3 Å². The molecule has 6 heteroatoms. The summed E-state index contributed by atoms with van der Waals surface area (Å²) in [6, 6.07) is 8.41. The molecule has 0 aliphatic heterocycles. The standard InChI is InChI=1S/C13H12BrN3O2/c1-19-9-3-4-11(15)10(6-9)13(18)17-8-2-5-12(14)16-7-8/h2-7H,15H2,1H3,(H,17,18). The molecule has 3 N–H and O–H groups in total. The number of halogens is 1. The Morgan fingerprint density at radius 2 is 2.16 bits per heavy atom. The van der Waals surface area contributed by atoms with Crippen molar-refractivity contribution in [3.63, 3.8) is 0 Å². The van der Waals surface area contributed by atoms with Crippen molar-refractivity contribution >= 4 is 33.2 Å². The predicted octanol–water partition coefficient (Wildman–Crippen LogP) is 2.69. The van der Waals surface area contributed by atoms with Crippen molar-refractivity contribution in [1.82, 2.24) is 4.98 Å². The van der Waals surface area contributed by atoms with Gasteiger partial charge in [0, 0.05) is 5.69 Å². The zero-order chi connectivity index (χ0) is 13.8. The van der Waals surface area contributed by atoms with Gasteiger partial charge >= 0.3 is 0 Å². The number of nitrogens with two attached hydrogens (primary N) is 1. The van der Waals surface area contributed by atoms with Gasteiger partial charge in [0.2, 0.25) is 0 Å². The van der Waals surface area contributed by atoms with Crippen LogP contribution in [0.1, 0.15) is 10.4 Å². The number of hydrogen-bond donors (Lipinski definition) is 2. The summed E-state index contributed by atoms with van der Waals surface area (Å²) in [5.41, 5.74) is 7.13. The molecule has 0 spiro atoms. The van der Waals surface area contributed by atoms with E-state index in [-0.39, 0.29) is 5.91 Å². The minimum absolute atomic E-state index is 0.305. The van der Waals surface area contributed by atoms with E-state index in [1.165, 1.54) is 7.11 Å². The van der Waals surface area contributed by atoms with Crippen molar-refractivity contribution in [3.8, 4) is 5.75 Å². The number of hydrogen-bond acceptors (Lipinski definition) is 4. The molecule has 0 aliphatic carbocycles. The summed E-state index contributed by atoms with van der Waals surface area (Å²) in [6.07, 6.45) is 1.55. The smallest absolute Gasteiger partial charge is 0.257 e. The highest BCUT2D eigenvalue weighted by Crippen LogP contribution is 2.21. The summed E-state index contributed by atoms with van der Waals surface area (Å²) < 4.78 is 5.77. The van der Waals surface area contributed by atoms with Crippen molar-refractivity contribution in [3.05, 3.63) is 46.7 Å². The van der Waals surface area contributed by atoms with Crippen molar-refractivity contribution < 1.29 is 9.53 Å². The van der Waals surface area contributed by atoms with E-state index in [1.54, 1.807) is 36.5 Å². The van der Waals surface area contributed by atoms with Crippen LogP contribution in [0.3, 0.4) is 0 Å². The van der Waals surface area contributed by atoms with Gasteiger partial charge in [-0.15, -0.1) is 0 Å². The van der Waals surface area contributed by atoms with E-state index in [0.717, 1.165) is 0 Å². The fourth-order valence-corrected chi connectivity index (χ4v) is 1.74. The van der Waals surface area contributed by atoms with Gasteiger partial charge in [-0.3, -0.25) is 4.79 Å². The Morgan fingerprint density at radius 3 is 2.79 bits per heavy atom. The van der Waals surface area contributed by atoms with Crippen LogP contribution >= 0.6 is 15.9 Å². The van der Waals surface area contributed by atoms with Crippen LogP contribution in [0.4, 0.5) is 11.4 Å². The number of nitrogens with zero attached hydrogens (tertiary/aromatic N) is 1. The lowest BCUT2D eigenvalue weighted by Crippen LogP contribution is -2.14. The number of carbonyl (C=O) groups is 1. The molecule has 0 radical (unpaired) electrons. The summed E-state index contributed by atoms with van der Waals surface area (Å²) in [7, 11) is 1.53. The number of anilines is 2. The number of amides is 1. The zero-order valence-corrected chi connectivity index (χ0v) is 11.8. The van der Waals surface area contributed by atoms with Gasteiger partial charge < -0.3 is 15.8 Å². The van der Waals surface area contributed by atoms with Gasteiger partial charge in [-0.25, -0.2) is 4.98 Å². The van der Waals surface area contributed by atoms with Gasteiger partial charge in [0.05, 0.1) is 24.6 Å². The molecule has 98 valence electrons. The Labute approximate surface area is 118 Å². The van der Waals surface area contributed by atoms with E-state index >= 15 is 0 Å². The second kappa shape index (κ2) is 5.71. The highest BCUT2D eigenvalue weighted by molar-refractivity contribution is 9.10. The first kappa shape index (κ1) is 13.4. The molecule has 0 saturated heterocycles. The van der Waals surface area contributed by atoms with Crippen LogP contribution < -0.4 is 15.8 Å². The van der Waals surface area contributed by atoms with Crippen LogP contribution in [-0.4, -0.2) is 18.0 Å². The lowest BCUT2D eigenvalue weighted by atomic mass is 10.1. The van der Waals surface area contributed by atoms with Gasteiger partial charge in [-0.2, -0.15) is 0 Å². The summed E-state index contributed by atoms with van der Waals surface area (Å²) >= 11 is 3.23. The maximum Gasteiger partial charge on any atom is 0.257 e. The van der Waals surface area contributed by atoms with Crippen LogP contribution in [0.25, 0.3) is 0 Å². The van der Waals surface area contributed by atoms with Gasteiger partial charge in [-0.1, -0.05) is 0 Å². The van der Waals surface area contributed by atoms with Crippen molar-refractivity contribution in [2.75, 3.05) is 18.2 Å². The molecule has 0 saturated carbocycles. The minimum atomic E-state index is -0.305. The molecule has 1 heterocycles. The van der Waals surface area contributed by atoms with E-state index in [4.69, 9.17) is 10.5 Å². The largest absolute Gasteiger partial charge is 0.497 e. The van der Waals surface area contributed by atoms with Crippen molar-refractivity contribution in [2.45, 2.75) is 0 Å². The molecule has 0 atom stereocenters. The minimum Gasteiger partial charge on any atom is -0.497 e. The predicted molar refractivity (Wildman–Crippen MR) is 77.3 cm³/mol. The lowest BCUT2D eigenvalue weighted by Gasteiger charge is -2.09. The number of rotatable bonds is 3. The summed E-state index contributed by atoms with van der Waals surface area (Å²) in [5.74, 6) is 0.272. The summed E-state index contributed by atoms with van der Waals surface area (Å²) in [5, 5.41) is 2.72. The van der Waals surface area contributed by atoms with Gasteiger partial charge in [0.15, 0.2) is 0 Å². The maximum atomic E-state index is 12.1. The average Bonchev–Trinajstić information content (AvgIpc) is 2.42. The fourth-order valence-electron chi connectivity index (χ4n) is 1.51. The number of pyridine rings is 1. The first-order chi connectivity index (χ1) is 9.10. The van der Waals surface area contributed by atoms with E-state index in [2.05, 4.69) is 26.2 Å². The van der Waals surface area contributed by atoms with Gasteiger partial charge in [0.1, 0.15) is 10.4 Å². The fraction of sp³-hybridized carbons (Fsp3) is 0.0769. The van der Waals surface area contributed by atoms with Crippen LogP contribution in [0.2, 0.25) is 0 Å². The van der Waals surface area contributed by atoms with Crippen LogP contribution in [0.15, 0.2) is 41.1 Å². The third kappa shape index (κ3) is 3.23. The highest BCUT2D eigenvalue weighted by atomic mass is 79.9. The average molecular weight is 322 g/mol. The number of carbonyl (C=O) groups excluding carboxylic acids is 1. The molecule has 5 nitrogen and oxygen atoms in total. The van der Waals surface area contributed by atoms with E-state index in [1.807, 2.05) is 0 Å².